The van der Waals surface area contributed by atoms with Crippen molar-refractivity contribution >= 4 is 23.2 Å². The minimum Gasteiger partial charge on any atom is -0.322 e. The standard InChI is InChI=1S/C17H14F2N2O2/c1-10(22)21-7-6-11-8-13(3-5-16(11)21)20-17(23)12-2-4-14(18)15(19)9-12/h2-5,8-9H,6-7H2,1H3,(H,20,23). The molecule has 1 aliphatic heterocycles. The van der Waals surface area contributed by atoms with E-state index in [9.17, 15) is 18.4 Å². The van der Waals surface area contributed by atoms with Crippen molar-refractivity contribution in [1.29, 1.82) is 0 Å². The van der Waals surface area contributed by atoms with Crippen LogP contribution in [0.15, 0.2) is 36.4 Å². The highest BCUT2D eigenvalue weighted by atomic mass is 19.2. The molecular weight excluding hydrogens is 302 g/mol. The third-order valence-electron chi connectivity index (χ3n) is 3.79. The van der Waals surface area contributed by atoms with Crippen molar-refractivity contribution in [2.24, 2.45) is 0 Å². The molecule has 4 nitrogen and oxygen atoms in total. The van der Waals surface area contributed by atoms with Crippen molar-refractivity contribution in [3.05, 3.63) is 59.2 Å². The van der Waals surface area contributed by atoms with Crippen LogP contribution < -0.4 is 10.2 Å². The van der Waals surface area contributed by atoms with Crippen LogP contribution in [0.4, 0.5) is 20.2 Å². The Balaban J connectivity index is 1.80. The number of carbonyl (C=O) groups is 2. The predicted octanol–water partition coefficient (Wildman–Crippen LogP) is 3.13. The fraction of sp³-hybridized carbons (Fsp3) is 0.176. The number of benzene rings is 2. The van der Waals surface area contributed by atoms with Crippen molar-refractivity contribution in [2.75, 3.05) is 16.8 Å². The van der Waals surface area contributed by atoms with Crippen LogP contribution in [0, 0.1) is 11.6 Å². The van der Waals surface area contributed by atoms with Gasteiger partial charge in [-0.05, 0) is 48.4 Å². The van der Waals surface area contributed by atoms with Gasteiger partial charge < -0.3 is 10.2 Å². The maximum Gasteiger partial charge on any atom is 0.255 e. The minimum atomic E-state index is -1.07. The average Bonchev–Trinajstić information content (AvgIpc) is 2.93. The lowest BCUT2D eigenvalue weighted by Crippen LogP contribution is -2.25. The number of anilines is 2. The molecule has 0 radical (unpaired) electrons. The van der Waals surface area contributed by atoms with Gasteiger partial charge in [0.25, 0.3) is 5.91 Å². The largest absolute Gasteiger partial charge is 0.322 e. The first kappa shape index (κ1) is 15.1. The molecule has 3 rings (SSSR count). The van der Waals surface area contributed by atoms with Gasteiger partial charge in [-0.2, -0.15) is 0 Å². The molecule has 6 heteroatoms. The maximum atomic E-state index is 13.2. The van der Waals surface area contributed by atoms with E-state index in [0.29, 0.717) is 18.7 Å². The Hall–Kier alpha value is -2.76. The van der Waals surface area contributed by atoms with E-state index >= 15 is 0 Å². The number of hydrogen-bond acceptors (Lipinski definition) is 2. The Labute approximate surface area is 131 Å². The van der Waals surface area contributed by atoms with Gasteiger partial charge in [-0.1, -0.05) is 0 Å². The van der Waals surface area contributed by atoms with Gasteiger partial charge in [0.1, 0.15) is 0 Å². The number of amides is 2. The highest BCUT2D eigenvalue weighted by Gasteiger charge is 2.22. The highest BCUT2D eigenvalue weighted by molar-refractivity contribution is 6.04. The van der Waals surface area contributed by atoms with Gasteiger partial charge in [0.2, 0.25) is 5.91 Å². The van der Waals surface area contributed by atoms with Crippen LogP contribution in [-0.4, -0.2) is 18.4 Å². The summed E-state index contributed by atoms with van der Waals surface area (Å²) in [6, 6.07) is 8.23. The summed E-state index contributed by atoms with van der Waals surface area (Å²) in [6.45, 7) is 2.12. The molecule has 1 N–H and O–H groups in total. The van der Waals surface area contributed by atoms with Crippen LogP contribution >= 0.6 is 0 Å². The van der Waals surface area contributed by atoms with Crippen LogP contribution in [0.25, 0.3) is 0 Å². The molecule has 1 heterocycles. The van der Waals surface area contributed by atoms with Crippen molar-refractivity contribution in [3.8, 4) is 0 Å². The molecule has 2 aromatic carbocycles. The quantitative estimate of drug-likeness (QED) is 0.925. The first-order valence-electron chi connectivity index (χ1n) is 7.13. The second-order valence-corrected chi connectivity index (χ2v) is 5.35. The third kappa shape index (κ3) is 2.92. The summed E-state index contributed by atoms with van der Waals surface area (Å²) in [4.78, 5) is 25.3. The van der Waals surface area contributed by atoms with Crippen molar-refractivity contribution in [3.63, 3.8) is 0 Å². The van der Waals surface area contributed by atoms with Gasteiger partial charge >= 0.3 is 0 Å². The predicted molar refractivity (Wildman–Crippen MR) is 82.5 cm³/mol. The molecule has 0 unspecified atom stereocenters. The lowest BCUT2D eigenvalue weighted by atomic mass is 10.1. The summed E-state index contributed by atoms with van der Waals surface area (Å²) in [5.41, 5.74) is 2.38. The van der Waals surface area contributed by atoms with E-state index in [2.05, 4.69) is 5.32 Å². The van der Waals surface area contributed by atoms with E-state index in [0.717, 1.165) is 23.4 Å². The first-order valence-corrected chi connectivity index (χ1v) is 7.13. The van der Waals surface area contributed by atoms with Crippen molar-refractivity contribution < 1.29 is 18.4 Å². The number of nitrogens with one attached hydrogen (secondary N) is 1. The molecule has 118 valence electrons. The molecule has 0 bridgehead atoms. The molecule has 0 aliphatic carbocycles. The Morgan fingerprint density at radius 1 is 1.09 bits per heavy atom. The summed E-state index contributed by atoms with van der Waals surface area (Å²) in [5.74, 6) is -2.61. The summed E-state index contributed by atoms with van der Waals surface area (Å²) < 4.78 is 26.1. The Morgan fingerprint density at radius 3 is 2.57 bits per heavy atom. The number of carbonyl (C=O) groups excluding carboxylic acids is 2. The Kier molecular flexibility index (Phi) is 3.82. The van der Waals surface area contributed by atoms with Gasteiger partial charge in [-0.15, -0.1) is 0 Å². The van der Waals surface area contributed by atoms with Crippen LogP contribution in [0.3, 0.4) is 0 Å². The van der Waals surface area contributed by atoms with E-state index < -0.39 is 17.5 Å². The SMILES string of the molecule is CC(=O)N1CCc2cc(NC(=O)c3ccc(F)c(F)c3)ccc21. The van der Waals surface area contributed by atoms with Crippen LogP contribution in [-0.2, 0) is 11.2 Å². The van der Waals surface area contributed by atoms with Gasteiger partial charge in [0, 0.05) is 30.4 Å². The highest BCUT2D eigenvalue weighted by Crippen LogP contribution is 2.30. The molecule has 1 aliphatic rings. The molecule has 2 aromatic rings. The van der Waals surface area contributed by atoms with E-state index in [-0.39, 0.29) is 11.5 Å². The topological polar surface area (TPSA) is 49.4 Å². The molecule has 2 amide bonds. The zero-order chi connectivity index (χ0) is 16.6. The van der Waals surface area contributed by atoms with E-state index in [1.165, 1.54) is 13.0 Å². The monoisotopic (exact) mass is 316 g/mol. The molecule has 0 spiro atoms. The minimum absolute atomic E-state index is 0.0256. The van der Waals surface area contributed by atoms with Crippen LogP contribution in [0.2, 0.25) is 0 Å². The Morgan fingerprint density at radius 2 is 1.87 bits per heavy atom. The molecule has 0 saturated heterocycles. The third-order valence-corrected chi connectivity index (χ3v) is 3.79. The number of fused-ring (bicyclic) bond motifs is 1. The van der Waals surface area contributed by atoms with Crippen molar-refractivity contribution in [1.82, 2.24) is 0 Å². The average molecular weight is 316 g/mol. The second kappa shape index (κ2) is 5.79. The molecule has 0 saturated carbocycles. The molecular formula is C17H14F2N2O2. The maximum absolute atomic E-state index is 13.2. The summed E-state index contributed by atoms with van der Waals surface area (Å²) in [7, 11) is 0. The molecule has 23 heavy (non-hydrogen) atoms. The lowest BCUT2D eigenvalue weighted by molar-refractivity contribution is -0.116. The zero-order valence-electron chi connectivity index (χ0n) is 12.4. The van der Waals surface area contributed by atoms with Crippen molar-refractivity contribution in [2.45, 2.75) is 13.3 Å². The second-order valence-electron chi connectivity index (χ2n) is 5.35. The Bertz CT molecular complexity index is 805. The molecule has 0 fully saturated rings. The van der Waals surface area contributed by atoms with E-state index in [1.807, 2.05) is 0 Å². The normalized spacial score (nSPS) is 12.9. The zero-order valence-corrected chi connectivity index (χ0v) is 12.4. The fourth-order valence-electron chi connectivity index (χ4n) is 2.65. The summed E-state index contributed by atoms with van der Waals surface area (Å²) >= 11 is 0. The number of rotatable bonds is 2. The van der Waals surface area contributed by atoms with E-state index in [1.54, 1.807) is 23.1 Å². The smallest absolute Gasteiger partial charge is 0.255 e. The van der Waals surface area contributed by atoms with Gasteiger partial charge in [0.15, 0.2) is 11.6 Å². The number of halogens is 2. The summed E-state index contributed by atoms with van der Waals surface area (Å²) in [5, 5.41) is 2.65. The van der Waals surface area contributed by atoms with Gasteiger partial charge in [0.05, 0.1) is 0 Å². The number of nitrogens with zero attached hydrogens (tertiary/aromatic N) is 1. The summed E-state index contributed by atoms with van der Waals surface area (Å²) in [6.07, 6.45) is 0.712. The molecule has 0 aromatic heterocycles. The van der Waals surface area contributed by atoms with Gasteiger partial charge in [-0.3, -0.25) is 9.59 Å². The molecule has 0 atom stereocenters. The fourth-order valence-corrected chi connectivity index (χ4v) is 2.65. The van der Waals surface area contributed by atoms with E-state index in [4.69, 9.17) is 0 Å². The lowest BCUT2D eigenvalue weighted by Gasteiger charge is -2.15. The van der Waals surface area contributed by atoms with Gasteiger partial charge in [-0.25, -0.2) is 8.78 Å². The van der Waals surface area contributed by atoms with Crippen LogP contribution in [0.5, 0.6) is 0 Å². The first-order chi connectivity index (χ1) is 11.0. The number of hydrogen-bond donors (Lipinski definition) is 1. The van der Waals surface area contributed by atoms with Crippen LogP contribution in [0.1, 0.15) is 22.8 Å².